The van der Waals surface area contributed by atoms with Crippen LogP contribution in [0.5, 0.6) is 0 Å². The number of amides is 1. The van der Waals surface area contributed by atoms with Crippen LogP contribution in [0.25, 0.3) is 10.2 Å². The second kappa shape index (κ2) is 5.14. The van der Waals surface area contributed by atoms with E-state index in [2.05, 4.69) is 40.7 Å². The predicted octanol–water partition coefficient (Wildman–Crippen LogP) is 2.15. The molecule has 0 bridgehead atoms. The number of nitrogens with zero attached hydrogens (tertiary/aromatic N) is 1. The van der Waals surface area contributed by atoms with Gasteiger partial charge in [-0.05, 0) is 24.6 Å². The molecule has 0 spiro atoms. The zero-order chi connectivity index (χ0) is 12.3. The van der Waals surface area contributed by atoms with Crippen LogP contribution in [0, 0.1) is 6.92 Å². The van der Waals surface area contributed by atoms with Crippen LogP contribution in [0.15, 0.2) is 18.2 Å². The molecule has 1 aromatic carbocycles. The van der Waals surface area contributed by atoms with Crippen LogP contribution in [0.3, 0.4) is 0 Å². The van der Waals surface area contributed by atoms with Gasteiger partial charge in [0.05, 0.1) is 10.2 Å². The smallest absolute Gasteiger partial charge is 0.221 e. The van der Waals surface area contributed by atoms with Crippen LogP contribution in [-0.2, 0) is 4.79 Å². The van der Waals surface area contributed by atoms with Gasteiger partial charge < -0.3 is 10.6 Å². The molecule has 0 saturated carbocycles. The third-order valence-electron chi connectivity index (χ3n) is 2.45. The number of hydrogen-bond donors (Lipinski definition) is 2. The van der Waals surface area contributed by atoms with Crippen molar-refractivity contribution in [3.63, 3.8) is 0 Å². The molecular formula is C12H15N3OS. The molecule has 0 atom stereocenters. The number of carbonyl (C=O) groups excluding carboxylic acids is 1. The number of aryl methyl sites for hydroxylation is 1. The molecule has 0 aliphatic heterocycles. The van der Waals surface area contributed by atoms with E-state index >= 15 is 0 Å². The van der Waals surface area contributed by atoms with Crippen molar-refractivity contribution in [2.45, 2.75) is 13.3 Å². The number of rotatable bonds is 4. The fourth-order valence-corrected chi connectivity index (χ4v) is 2.39. The number of carbonyl (C=O) groups is 1. The third kappa shape index (κ3) is 2.94. The van der Waals surface area contributed by atoms with Crippen molar-refractivity contribution in [1.29, 1.82) is 0 Å². The summed E-state index contributed by atoms with van der Waals surface area (Å²) in [6, 6.07) is 6.22. The number of nitrogens with one attached hydrogen (secondary N) is 2. The number of aromatic nitrogens is 1. The molecule has 2 rings (SSSR count). The first-order valence-corrected chi connectivity index (χ1v) is 6.32. The maximum atomic E-state index is 11.1. The van der Waals surface area contributed by atoms with E-state index in [1.54, 1.807) is 18.4 Å². The first kappa shape index (κ1) is 11.9. The van der Waals surface area contributed by atoms with Crippen LogP contribution in [-0.4, -0.2) is 24.5 Å². The molecule has 17 heavy (non-hydrogen) atoms. The predicted molar refractivity (Wildman–Crippen MR) is 71.5 cm³/mol. The third-order valence-corrected chi connectivity index (χ3v) is 3.44. The lowest BCUT2D eigenvalue weighted by atomic mass is 10.2. The number of thiazole rings is 1. The Hall–Kier alpha value is -1.62. The van der Waals surface area contributed by atoms with Crippen molar-refractivity contribution >= 4 is 32.6 Å². The number of fused-ring (bicyclic) bond motifs is 1. The molecule has 1 amide bonds. The Labute approximate surface area is 104 Å². The molecule has 4 nitrogen and oxygen atoms in total. The van der Waals surface area contributed by atoms with Crippen LogP contribution in [0.2, 0.25) is 0 Å². The van der Waals surface area contributed by atoms with Gasteiger partial charge in [0.2, 0.25) is 5.91 Å². The zero-order valence-corrected chi connectivity index (χ0v) is 10.7. The SMILES string of the molecule is CNC(=O)CCNc1nc2cc(C)ccc2s1. The summed E-state index contributed by atoms with van der Waals surface area (Å²) in [4.78, 5) is 15.5. The highest BCUT2D eigenvalue weighted by molar-refractivity contribution is 7.22. The summed E-state index contributed by atoms with van der Waals surface area (Å²) in [7, 11) is 1.64. The zero-order valence-electron chi connectivity index (χ0n) is 9.91. The summed E-state index contributed by atoms with van der Waals surface area (Å²) in [5.41, 5.74) is 2.22. The van der Waals surface area contributed by atoms with Gasteiger partial charge in [-0.25, -0.2) is 4.98 Å². The molecule has 2 N–H and O–H groups in total. The van der Waals surface area contributed by atoms with E-state index in [1.807, 2.05) is 0 Å². The van der Waals surface area contributed by atoms with E-state index in [9.17, 15) is 4.79 Å². The molecule has 2 aromatic rings. The van der Waals surface area contributed by atoms with Gasteiger partial charge in [-0.1, -0.05) is 17.4 Å². The highest BCUT2D eigenvalue weighted by Gasteiger charge is 2.04. The highest BCUT2D eigenvalue weighted by Crippen LogP contribution is 2.26. The van der Waals surface area contributed by atoms with Crippen LogP contribution in [0.4, 0.5) is 5.13 Å². The monoisotopic (exact) mass is 249 g/mol. The number of benzene rings is 1. The lowest BCUT2D eigenvalue weighted by molar-refractivity contribution is -0.120. The summed E-state index contributed by atoms with van der Waals surface area (Å²) in [5, 5.41) is 6.62. The molecule has 0 aliphatic rings. The summed E-state index contributed by atoms with van der Waals surface area (Å²) in [5.74, 6) is 0.0365. The quantitative estimate of drug-likeness (QED) is 0.873. The van der Waals surface area contributed by atoms with E-state index < -0.39 is 0 Å². The Morgan fingerprint density at radius 3 is 3.06 bits per heavy atom. The van der Waals surface area contributed by atoms with Gasteiger partial charge in [0.1, 0.15) is 0 Å². The minimum Gasteiger partial charge on any atom is -0.361 e. The summed E-state index contributed by atoms with van der Waals surface area (Å²) >= 11 is 1.61. The minimum atomic E-state index is 0.0365. The van der Waals surface area contributed by atoms with E-state index in [1.165, 1.54) is 5.56 Å². The topological polar surface area (TPSA) is 54.0 Å². The van der Waals surface area contributed by atoms with Crippen LogP contribution in [0.1, 0.15) is 12.0 Å². The average Bonchev–Trinajstić information content (AvgIpc) is 2.70. The first-order valence-electron chi connectivity index (χ1n) is 5.50. The molecule has 0 saturated heterocycles. The molecule has 0 radical (unpaired) electrons. The van der Waals surface area contributed by atoms with Gasteiger partial charge in [0.25, 0.3) is 0 Å². The van der Waals surface area contributed by atoms with Crippen molar-refractivity contribution in [3.8, 4) is 0 Å². The highest BCUT2D eigenvalue weighted by atomic mass is 32.1. The van der Waals surface area contributed by atoms with Crippen molar-refractivity contribution in [3.05, 3.63) is 23.8 Å². The Bertz CT molecular complexity index is 536. The van der Waals surface area contributed by atoms with Gasteiger partial charge in [0.15, 0.2) is 5.13 Å². The molecule has 5 heteroatoms. The van der Waals surface area contributed by atoms with E-state index in [0.717, 1.165) is 15.3 Å². The molecule has 1 aromatic heterocycles. The average molecular weight is 249 g/mol. The molecule has 0 unspecified atom stereocenters. The fraction of sp³-hybridized carbons (Fsp3) is 0.333. The molecule has 90 valence electrons. The largest absolute Gasteiger partial charge is 0.361 e. The van der Waals surface area contributed by atoms with Crippen LogP contribution < -0.4 is 10.6 Å². The minimum absolute atomic E-state index is 0.0365. The second-order valence-electron chi connectivity index (χ2n) is 3.84. The van der Waals surface area contributed by atoms with Gasteiger partial charge in [-0.15, -0.1) is 0 Å². The number of anilines is 1. The van der Waals surface area contributed by atoms with E-state index in [4.69, 9.17) is 0 Å². The summed E-state index contributed by atoms with van der Waals surface area (Å²) in [6.45, 7) is 2.66. The van der Waals surface area contributed by atoms with Crippen molar-refractivity contribution < 1.29 is 4.79 Å². The number of hydrogen-bond acceptors (Lipinski definition) is 4. The molecule has 0 fully saturated rings. The lowest BCUT2D eigenvalue weighted by Gasteiger charge is -2.00. The van der Waals surface area contributed by atoms with Crippen molar-refractivity contribution in [2.75, 3.05) is 18.9 Å². The van der Waals surface area contributed by atoms with Gasteiger partial charge in [-0.3, -0.25) is 4.79 Å². The normalized spacial score (nSPS) is 10.5. The van der Waals surface area contributed by atoms with E-state index in [-0.39, 0.29) is 5.91 Å². The Kier molecular flexibility index (Phi) is 3.58. The molecule has 1 heterocycles. The lowest BCUT2D eigenvalue weighted by Crippen LogP contribution is -2.20. The van der Waals surface area contributed by atoms with Crippen molar-refractivity contribution in [1.82, 2.24) is 10.3 Å². The standard InChI is InChI=1S/C12H15N3OS/c1-8-3-4-10-9(7-8)15-12(17-10)14-6-5-11(16)13-2/h3-4,7H,5-6H2,1-2H3,(H,13,16)(H,14,15). The summed E-state index contributed by atoms with van der Waals surface area (Å²) in [6.07, 6.45) is 0.464. The Morgan fingerprint density at radius 2 is 2.29 bits per heavy atom. The Balaban J connectivity index is 2.02. The maximum Gasteiger partial charge on any atom is 0.221 e. The van der Waals surface area contributed by atoms with Crippen LogP contribution >= 0.6 is 11.3 Å². The van der Waals surface area contributed by atoms with Gasteiger partial charge >= 0.3 is 0 Å². The van der Waals surface area contributed by atoms with Gasteiger partial charge in [0, 0.05) is 20.0 Å². The molecular weight excluding hydrogens is 234 g/mol. The Morgan fingerprint density at radius 1 is 1.47 bits per heavy atom. The first-order chi connectivity index (χ1) is 8.19. The summed E-state index contributed by atoms with van der Waals surface area (Å²) < 4.78 is 1.16. The second-order valence-corrected chi connectivity index (χ2v) is 4.87. The van der Waals surface area contributed by atoms with Crippen molar-refractivity contribution in [2.24, 2.45) is 0 Å². The maximum absolute atomic E-state index is 11.1. The van der Waals surface area contributed by atoms with Gasteiger partial charge in [-0.2, -0.15) is 0 Å². The van der Waals surface area contributed by atoms with E-state index in [0.29, 0.717) is 13.0 Å². The fourth-order valence-electron chi connectivity index (χ4n) is 1.52. The molecule has 0 aliphatic carbocycles.